The number of aliphatic hydroxyl groups excluding tert-OH is 1. The third-order valence-corrected chi connectivity index (χ3v) is 4.04. The van der Waals surface area contributed by atoms with Crippen LogP contribution in [0.3, 0.4) is 0 Å². The first-order valence-corrected chi connectivity index (χ1v) is 8.26. The van der Waals surface area contributed by atoms with Gasteiger partial charge in [0.1, 0.15) is 24.1 Å². The van der Waals surface area contributed by atoms with Gasteiger partial charge in [0.2, 0.25) is 10.1 Å². The number of alkyl halides is 3. The van der Waals surface area contributed by atoms with Crippen molar-refractivity contribution in [2.24, 2.45) is 0 Å². The molecule has 1 N–H and O–H groups in total. The molecule has 0 aromatic heterocycles. The van der Waals surface area contributed by atoms with E-state index >= 15 is 0 Å². The lowest BCUT2D eigenvalue weighted by Gasteiger charge is -2.43. The molecule has 0 amide bonds. The molecule has 1 aliphatic heterocycles. The highest BCUT2D eigenvalue weighted by Gasteiger charge is 2.46. The van der Waals surface area contributed by atoms with Crippen LogP contribution in [0.15, 0.2) is 12.3 Å². The van der Waals surface area contributed by atoms with Crippen LogP contribution in [-0.2, 0) is 18.9 Å². The molecule has 0 aliphatic carbocycles. The molecule has 1 unspecified atom stereocenters. The molecule has 0 aromatic rings. The number of ether oxygens (including phenoxy) is 4. The Bertz CT molecular complexity index is 361. The summed E-state index contributed by atoms with van der Waals surface area (Å²) < 4.78 is 20.3. The Labute approximate surface area is 146 Å². The zero-order chi connectivity index (χ0) is 16.9. The maximum Gasteiger partial charge on any atom is 0.247 e. The normalized spacial score (nSPS) is 32.8. The van der Waals surface area contributed by atoms with Crippen LogP contribution in [0.2, 0.25) is 0 Å². The van der Waals surface area contributed by atoms with Gasteiger partial charge in [0.15, 0.2) is 0 Å². The summed E-state index contributed by atoms with van der Waals surface area (Å²) in [6.45, 7) is 7.89. The molecule has 5 atom stereocenters. The van der Waals surface area contributed by atoms with Crippen LogP contribution >= 0.6 is 34.8 Å². The summed E-state index contributed by atoms with van der Waals surface area (Å²) in [6, 6.07) is 0. The molecule has 22 heavy (non-hydrogen) atoms. The van der Waals surface area contributed by atoms with Crippen LogP contribution in [0.1, 0.15) is 26.7 Å². The Morgan fingerprint density at radius 3 is 2.45 bits per heavy atom. The quantitative estimate of drug-likeness (QED) is 0.419. The summed E-state index contributed by atoms with van der Waals surface area (Å²) in [7, 11) is 1.54. The molecule has 130 valence electrons. The number of unbranched alkanes of at least 4 members (excludes halogenated alkanes) is 1. The fourth-order valence-corrected chi connectivity index (χ4v) is 2.31. The molecule has 0 radical (unpaired) electrons. The van der Waals surface area contributed by atoms with Gasteiger partial charge in [-0.1, -0.05) is 54.7 Å². The second-order valence-corrected chi connectivity index (χ2v) is 7.41. The molecule has 1 fully saturated rings. The van der Waals surface area contributed by atoms with E-state index in [0.29, 0.717) is 6.61 Å². The highest BCUT2D eigenvalue weighted by molar-refractivity contribution is 6.69. The van der Waals surface area contributed by atoms with Gasteiger partial charge in [-0.2, -0.15) is 0 Å². The van der Waals surface area contributed by atoms with E-state index in [-0.39, 0.29) is 11.9 Å². The SMILES string of the molecule is C=C(OC1O[C@H](C)[C@@H](OC)[C@H](OCCCC)[C@H]1O)C(Cl)(Cl)Cl. The highest BCUT2D eigenvalue weighted by atomic mass is 35.6. The lowest BCUT2D eigenvalue weighted by Crippen LogP contribution is -2.59. The topological polar surface area (TPSA) is 57.2 Å². The van der Waals surface area contributed by atoms with Gasteiger partial charge in [0.25, 0.3) is 0 Å². The molecule has 0 aromatic carbocycles. The van der Waals surface area contributed by atoms with Crippen LogP contribution in [0.25, 0.3) is 0 Å². The summed E-state index contributed by atoms with van der Waals surface area (Å²) in [6.07, 6.45) is -1.68. The van der Waals surface area contributed by atoms with E-state index in [0.717, 1.165) is 12.8 Å². The molecule has 1 rings (SSSR count). The molecular weight excluding hydrogens is 355 g/mol. The predicted octanol–water partition coefficient (Wildman–Crippen LogP) is 3.19. The van der Waals surface area contributed by atoms with Crippen LogP contribution in [0.5, 0.6) is 0 Å². The monoisotopic (exact) mass is 376 g/mol. The maximum atomic E-state index is 10.4. The number of methoxy groups -OCH3 is 1. The number of allylic oxidation sites excluding steroid dienone is 1. The summed E-state index contributed by atoms with van der Waals surface area (Å²) in [5.74, 6) is -0.128. The summed E-state index contributed by atoms with van der Waals surface area (Å²) >= 11 is 17.1. The van der Waals surface area contributed by atoms with E-state index < -0.39 is 28.4 Å². The average Bonchev–Trinajstić information content (AvgIpc) is 2.43. The minimum absolute atomic E-state index is 0.128. The zero-order valence-corrected chi connectivity index (χ0v) is 15.2. The van der Waals surface area contributed by atoms with Crippen LogP contribution in [0, 0.1) is 0 Å². The van der Waals surface area contributed by atoms with Gasteiger partial charge in [0, 0.05) is 13.7 Å². The van der Waals surface area contributed by atoms with Gasteiger partial charge >= 0.3 is 0 Å². The van der Waals surface area contributed by atoms with E-state index in [1.54, 1.807) is 6.92 Å². The van der Waals surface area contributed by atoms with E-state index in [1.165, 1.54) is 7.11 Å². The van der Waals surface area contributed by atoms with Gasteiger partial charge in [-0.3, -0.25) is 0 Å². The lowest BCUT2D eigenvalue weighted by molar-refractivity contribution is -0.294. The molecule has 1 saturated heterocycles. The first-order valence-electron chi connectivity index (χ1n) is 7.13. The Hall–Kier alpha value is 0.250. The fraction of sp³-hybridized carbons (Fsp3) is 0.857. The second-order valence-electron chi connectivity index (χ2n) is 5.13. The van der Waals surface area contributed by atoms with Gasteiger partial charge in [-0.05, 0) is 13.3 Å². The summed E-state index contributed by atoms with van der Waals surface area (Å²) in [5, 5.41) is 10.4. The van der Waals surface area contributed by atoms with E-state index in [9.17, 15) is 5.11 Å². The molecule has 0 spiro atoms. The predicted molar refractivity (Wildman–Crippen MR) is 86.3 cm³/mol. The van der Waals surface area contributed by atoms with Crippen LogP contribution in [0.4, 0.5) is 0 Å². The van der Waals surface area contributed by atoms with Crippen molar-refractivity contribution in [3.05, 3.63) is 12.3 Å². The van der Waals surface area contributed by atoms with Crippen molar-refractivity contribution in [3.63, 3.8) is 0 Å². The van der Waals surface area contributed by atoms with Gasteiger partial charge in [-0.25, -0.2) is 0 Å². The molecule has 0 bridgehead atoms. The Morgan fingerprint density at radius 2 is 1.95 bits per heavy atom. The molecule has 0 saturated carbocycles. The van der Waals surface area contributed by atoms with Crippen molar-refractivity contribution in [2.45, 2.75) is 61.2 Å². The fourth-order valence-electron chi connectivity index (χ4n) is 2.17. The highest BCUT2D eigenvalue weighted by Crippen LogP contribution is 2.37. The first kappa shape index (κ1) is 20.3. The van der Waals surface area contributed by atoms with Gasteiger partial charge in [0.05, 0.1) is 6.10 Å². The van der Waals surface area contributed by atoms with Crippen molar-refractivity contribution >= 4 is 34.8 Å². The molecule has 1 aliphatic rings. The minimum Gasteiger partial charge on any atom is -0.462 e. The minimum atomic E-state index is -1.80. The van der Waals surface area contributed by atoms with E-state index in [1.807, 2.05) is 0 Å². The van der Waals surface area contributed by atoms with Gasteiger partial charge in [-0.15, -0.1) is 0 Å². The molecule has 1 heterocycles. The maximum absolute atomic E-state index is 10.4. The number of hydrogen-bond acceptors (Lipinski definition) is 5. The van der Waals surface area contributed by atoms with Crippen LogP contribution < -0.4 is 0 Å². The van der Waals surface area contributed by atoms with Crippen molar-refractivity contribution < 1.29 is 24.1 Å². The molecular formula is C14H23Cl3O5. The van der Waals surface area contributed by atoms with E-state index in [2.05, 4.69) is 13.5 Å². The Morgan fingerprint density at radius 1 is 1.32 bits per heavy atom. The van der Waals surface area contributed by atoms with Crippen molar-refractivity contribution in [1.82, 2.24) is 0 Å². The standard InChI is InChI=1S/C14H23Cl3O5/c1-5-6-7-20-12-10(18)13(21-8(2)11(12)19-4)22-9(3)14(15,16)17/h8,10-13,18H,3,5-7H2,1-2,4H3/t8-,10-,11-,12-,13?/m1/s1. The second kappa shape index (κ2) is 8.92. The average molecular weight is 378 g/mol. The molecule has 5 nitrogen and oxygen atoms in total. The van der Waals surface area contributed by atoms with Crippen molar-refractivity contribution in [3.8, 4) is 0 Å². The summed E-state index contributed by atoms with van der Waals surface area (Å²) in [4.78, 5) is 0. The summed E-state index contributed by atoms with van der Waals surface area (Å²) in [5.41, 5.74) is 0. The van der Waals surface area contributed by atoms with Crippen LogP contribution in [-0.4, -0.2) is 53.3 Å². The number of aliphatic hydroxyl groups is 1. The number of rotatable bonds is 7. The zero-order valence-electron chi connectivity index (χ0n) is 12.9. The largest absolute Gasteiger partial charge is 0.462 e. The molecule has 8 heteroatoms. The number of hydrogen-bond donors (Lipinski definition) is 1. The number of halogens is 3. The third kappa shape index (κ3) is 5.41. The third-order valence-electron chi connectivity index (χ3n) is 3.41. The lowest BCUT2D eigenvalue weighted by atomic mass is 9.99. The Kier molecular flexibility index (Phi) is 8.23. The van der Waals surface area contributed by atoms with Gasteiger partial charge < -0.3 is 24.1 Å². The first-order chi connectivity index (χ1) is 10.2. The van der Waals surface area contributed by atoms with Crippen molar-refractivity contribution in [1.29, 1.82) is 0 Å². The van der Waals surface area contributed by atoms with Crippen molar-refractivity contribution in [2.75, 3.05) is 13.7 Å². The smallest absolute Gasteiger partial charge is 0.247 e. The van der Waals surface area contributed by atoms with E-state index in [4.69, 9.17) is 53.8 Å². The Balaban J connectivity index is 2.78.